The van der Waals surface area contributed by atoms with Crippen molar-refractivity contribution in [2.45, 2.75) is 212 Å². The Morgan fingerprint density at radius 3 is 1.27 bits per heavy atom. The summed E-state index contributed by atoms with van der Waals surface area (Å²) in [5.74, 6) is -3.39. The van der Waals surface area contributed by atoms with Gasteiger partial charge in [0.05, 0.1) is 6.61 Å². The number of carboxylic acids is 1. The molecule has 0 aromatic carbocycles. The number of carboxylic acid groups (broad SMARTS) is 1. The smallest absolute Gasteiger partial charge is 0.335 e. The van der Waals surface area contributed by atoms with Crippen molar-refractivity contribution in [3.63, 3.8) is 0 Å². The number of esters is 3. The van der Waals surface area contributed by atoms with E-state index in [0.29, 0.717) is 25.7 Å². The molecule has 0 aromatic rings. The summed E-state index contributed by atoms with van der Waals surface area (Å²) in [5, 5.41) is 31.4. The van der Waals surface area contributed by atoms with Crippen LogP contribution in [0.4, 0.5) is 0 Å². The Morgan fingerprint density at radius 1 is 0.440 bits per heavy atom. The highest BCUT2D eigenvalue weighted by Gasteiger charge is 2.50. The zero-order valence-corrected chi connectivity index (χ0v) is 45.7. The number of ether oxygens (including phenoxy) is 5. The van der Waals surface area contributed by atoms with Gasteiger partial charge in [-0.25, -0.2) is 4.79 Å². The fourth-order valence-corrected chi connectivity index (χ4v) is 7.27. The second kappa shape index (κ2) is 49.5. The summed E-state index contributed by atoms with van der Waals surface area (Å²) in [4.78, 5) is 50.9. The topological polar surface area (TPSA) is 175 Å². The van der Waals surface area contributed by atoms with Crippen molar-refractivity contribution in [3.05, 3.63) is 146 Å². The maximum atomic E-state index is 13.1. The second-order valence-electron chi connectivity index (χ2n) is 18.1. The van der Waals surface area contributed by atoms with Gasteiger partial charge < -0.3 is 39.0 Å². The number of carbonyl (C=O) groups excluding carboxylic acids is 3. The number of allylic oxidation sites excluding steroid dienone is 24. The van der Waals surface area contributed by atoms with Gasteiger partial charge >= 0.3 is 23.9 Å². The minimum Gasteiger partial charge on any atom is -0.479 e. The highest BCUT2D eigenvalue weighted by atomic mass is 16.7. The maximum Gasteiger partial charge on any atom is 0.335 e. The van der Waals surface area contributed by atoms with Gasteiger partial charge in [-0.3, -0.25) is 14.4 Å². The lowest BCUT2D eigenvalue weighted by atomic mass is 9.98. The Balaban J connectivity index is 2.78. The Morgan fingerprint density at radius 2 is 0.827 bits per heavy atom. The molecule has 1 saturated heterocycles. The summed E-state index contributed by atoms with van der Waals surface area (Å²) >= 11 is 0. The van der Waals surface area contributed by atoms with Crippen LogP contribution in [0.2, 0.25) is 0 Å². The van der Waals surface area contributed by atoms with Gasteiger partial charge in [0.25, 0.3) is 0 Å². The van der Waals surface area contributed by atoms with E-state index in [1.165, 1.54) is 0 Å². The van der Waals surface area contributed by atoms with Crippen molar-refractivity contribution in [2.75, 3.05) is 13.2 Å². The molecule has 75 heavy (non-hydrogen) atoms. The molecule has 0 radical (unpaired) electrons. The van der Waals surface area contributed by atoms with Crippen LogP contribution in [-0.4, -0.2) is 89.2 Å². The summed E-state index contributed by atoms with van der Waals surface area (Å²) in [6, 6.07) is 0. The van der Waals surface area contributed by atoms with Gasteiger partial charge in [0.1, 0.15) is 18.8 Å². The third-order valence-electron chi connectivity index (χ3n) is 11.4. The van der Waals surface area contributed by atoms with Gasteiger partial charge in [-0.05, 0) is 109 Å². The Hall–Kier alpha value is -5.40. The molecule has 418 valence electrons. The molecule has 0 spiro atoms. The van der Waals surface area contributed by atoms with Crippen LogP contribution in [0.5, 0.6) is 0 Å². The lowest BCUT2D eigenvalue weighted by molar-refractivity contribution is -0.301. The summed E-state index contributed by atoms with van der Waals surface area (Å²) in [6.45, 7) is 5.48. The molecule has 0 saturated carbocycles. The first-order valence-electron chi connectivity index (χ1n) is 27.8. The minimum atomic E-state index is -1.94. The molecule has 6 unspecified atom stereocenters. The lowest BCUT2D eigenvalue weighted by Crippen LogP contribution is -2.61. The number of hydrogen-bond acceptors (Lipinski definition) is 11. The number of hydrogen-bond donors (Lipinski definition) is 3. The average molecular weight is 1040 g/mol. The van der Waals surface area contributed by atoms with E-state index in [1.807, 2.05) is 30.4 Å². The quantitative estimate of drug-likeness (QED) is 0.0228. The molecule has 0 bridgehead atoms. The number of rotatable bonds is 44. The SMILES string of the molecule is CC/C=C\C/C=C\C/C=C\C/C=C\CCCCCCCCC(=O)OC1C(OCC(COC(=O)CC/C=C\C/C=C\C/C=C\C/C=C\CC)OC(=O)CC/C=C\C/C=C\C/C=C\C/C=C\CC)OC(C(=O)O)C(O)C1O. The van der Waals surface area contributed by atoms with Crippen LogP contribution in [-0.2, 0) is 42.9 Å². The fourth-order valence-electron chi connectivity index (χ4n) is 7.27. The summed E-state index contributed by atoms with van der Waals surface area (Å²) in [6.07, 6.45) is 58.6. The first-order valence-corrected chi connectivity index (χ1v) is 27.8. The molecule has 1 rings (SSSR count). The van der Waals surface area contributed by atoms with Crippen LogP contribution >= 0.6 is 0 Å². The number of carbonyl (C=O) groups is 4. The van der Waals surface area contributed by atoms with Crippen molar-refractivity contribution in [2.24, 2.45) is 0 Å². The van der Waals surface area contributed by atoms with Gasteiger partial charge in [-0.15, -0.1) is 0 Å². The van der Waals surface area contributed by atoms with Crippen LogP contribution in [0.15, 0.2) is 146 Å². The lowest BCUT2D eigenvalue weighted by Gasteiger charge is -2.40. The molecule has 1 fully saturated rings. The average Bonchev–Trinajstić information content (AvgIpc) is 3.39. The third kappa shape index (κ3) is 39.7. The van der Waals surface area contributed by atoms with Crippen molar-refractivity contribution in [1.82, 2.24) is 0 Å². The predicted octanol–water partition coefficient (Wildman–Crippen LogP) is 14.0. The fraction of sp³-hybridized carbons (Fsp3) is 0.556. The number of aliphatic hydroxyl groups excluding tert-OH is 2. The van der Waals surface area contributed by atoms with Crippen LogP contribution in [0.25, 0.3) is 0 Å². The van der Waals surface area contributed by atoms with Crippen molar-refractivity contribution in [1.29, 1.82) is 0 Å². The maximum absolute atomic E-state index is 13.1. The van der Waals surface area contributed by atoms with E-state index in [-0.39, 0.29) is 19.3 Å². The van der Waals surface area contributed by atoms with Crippen LogP contribution in [0.3, 0.4) is 0 Å². The zero-order valence-electron chi connectivity index (χ0n) is 45.7. The first kappa shape index (κ1) is 67.6. The van der Waals surface area contributed by atoms with E-state index in [0.717, 1.165) is 109 Å². The van der Waals surface area contributed by atoms with Crippen LogP contribution in [0, 0.1) is 0 Å². The van der Waals surface area contributed by atoms with Crippen molar-refractivity contribution >= 4 is 23.9 Å². The Labute approximate surface area is 451 Å². The summed E-state index contributed by atoms with van der Waals surface area (Å²) in [5.41, 5.74) is 0. The highest BCUT2D eigenvalue weighted by Crippen LogP contribution is 2.26. The zero-order chi connectivity index (χ0) is 54.7. The second-order valence-corrected chi connectivity index (χ2v) is 18.1. The largest absolute Gasteiger partial charge is 0.479 e. The van der Waals surface area contributed by atoms with Crippen molar-refractivity contribution < 1.29 is 58.2 Å². The third-order valence-corrected chi connectivity index (χ3v) is 11.4. The molecule has 3 N–H and O–H groups in total. The van der Waals surface area contributed by atoms with E-state index < -0.39 is 73.9 Å². The Kier molecular flexibility index (Phi) is 44.6. The molecular formula is C63H94O12. The highest BCUT2D eigenvalue weighted by molar-refractivity contribution is 5.74. The molecule has 6 atom stereocenters. The van der Waals surface area contributed by atoms with E-state index in [4.69, 9.17) is 23.7 Å². The van der Waals surface area contributed by atoms with Gasteiger partial charge in [-0.2, -0.15) is 0 Å². The first-order chi connectivity index (χ1) is 36.6. The molecular weight excluding hydrogens is 949 g/mol. The van der Waals surface area contributed by atoms with E-state index >= 15 is 0 Å². The van der Waals surface area contributed by atoms with Crippen LogP contribution in [0.1, 0.15) is 175 Å². The Bertz CT molecular complexity index is 1860. The summed E-state index contributed by atoms with van der Waals surface area (Å²) in [7, 11) is 0. The molecule has 1 aliphatic heterocycles. The van der Waals surface area contributed by atoms with Gasteiger partial charge in [0.2, 0.25) is 0 Å². The molecule has 12 nitrogen and oxygen atoms in total. The van der Waals surface area contributed by atoms with Gasteiger partial charge in [-0.1, -0.05) is 192 Å². The molecule has 0 aliphatic carbocycles. The molecule has 12 heteroatoms. The standard InChI is InChI=1S/C63H94O12/c1-4-7-10-13-16-19-22-25-26-27-28-29-30-33-36-39-42-45-48-51-57(66)74-61-59(68)58(67)60(62(69)70)75-63(61)72-53-54(73-56(65)50-47-44-41-38-35-32-24-21-18-15-12-9-6-3)52-71-55(64)49-46-43-40-37-34-31-23-20-17-14-11-8-5-2/h7-12,16-21,25-26,28-29,31-32,34-35,40-41,43-44,54,58-61,63,67-68H,4-6,13-15,22-24,27,30,33,36-39,42,45-53H2,1-3H3,(H,69,70)/b10-7-,11-8-,12-9-,19-16-,20-17-,21-18-,26-25-,29-28-,34-31-,35-32-,43-40-,44-41-. The van der Waals surface area contributed by atoms with E-state index in [2.05, 4.69) is 136 Å². The number of aliphatic carboxylic acids is 1. The van der Waals surface area contributed by atoms with Crippen molar-refractivity contribution in [3.8, 4) is 0 Å². The number of unbranched alkanes of at least 4 members (excludes halogenated alkanes) is 6. The minimum absolute atomic E-state index is 0.0166. The normalized spacial score (nSPS) is 19.3. The molecule has 1 heterocycles. The van der Waals surface area contributed by atoms with E-state index in [9.17, 15) is 34.5 Å². The van der Waals surface area contributed by atoms with Gasteiger partial charge in [0, 0.05) is 19.3 Å². The molecule has 1 aliphatic rings. The number of aliphatic hydroxyl groups is 2. The monoisotopic (exact) mass is 1040 g/mol. The molecule has 0 amide bonds. The van der Waals surface area contributed by atoms with E-state index in [1.54, 1.807) is 0 Å². The predicted molar refractivity (Wildman–Crippen MR) is 302 cm³/mol. The molecule has 0 aromatic heterocycles. The summed E-state index contributed by atoms with van der Waals surface area (Å²) < 4.78 is 28.2. The van der Waals surface area contributed by atoms with Gasteiger partial charge in [0.15, 0.2) is 24.6 Å². The van der Waals surface area contributed by atoms with Crippen LogP contribution < -0.4 is 0 Å².